The molecule has 5 heteroatoms. The minimum Gasteiger partial charge on any atom is -0.481 e. The summed E-state index contributed by atoms with van der Waals surface area (Å²) in [5.74, 6) is -0.870. The van der Waals surface area contributed by atoms with E-state index in [9.17, 15) is 4.79 Å². The molecule has 1 rings (SSSR count). The van der Waals surface area contributed by atoms with Gasteiger partial charge in [0.2, 0.25) is 0 Å². The van der Waals surface area contributed by atoms with Crippen molar-refractivity contribution in [2.75, 3.05) is 6.61 Å². The average Bonchev–Trinajstić information content (AvgIpc) is 2.39. The first-order chi connectivity index (χ1) is 5.29. The predicted molar refractivity (Wildman–Crippen MR) is 35.9 cm³/mol. The monoisotopic (exact) mass is 156 g/mol. The Morgan fingerprint density at radius 2 is 2.55 bits per heavy atom. The van der Waals surface area contributed by atoms with Gasteiger partial charge in [0.1, 0.15) is 12.9 Å². The average molecular weight is 156 g/mol. The third kappa shape index (κ3) is 2.70. The van der Waals surface area contributed by atoms with Crippen molar-refractivity contribution in [3.8, 4) is 0 Å². The Bertz CT molecular complexity index is 220. The molecule has 1 aromatic heterocycles. The Hall–Kier alpha value is -1.52. The van der Waals surface area contributed by atoms with E-state index in [0.29, 0.717) is 0 Å². The van der Waals surface area contributed by atoms with Gasteiger partial charge < -0.3 is 9.94 Å². The molecule has 0 fully saturated rings. The van der Waals surface area contributed by atoms with Gasteiger partial charge in [0.05, 0.1) is 12.6 Å². The van der Waals surface area contributed by atoms with Crippen LogP contribution in [-0.4, -0.2) is 27.4 Å². The first-order valence-corrected chi connectivity index (χ1v) is 3.12. The Kier molecular flexibility index (Phi) is 2.48. The molecule has 0 saturated carbocycles. The number of hydrogen-bond donors (Lipinski definition) is 1. The maximum Gasteiger partial charge on any atom is 0.306 e. The van der Waals surface area contributed by atoms with Crippen LogP contribution >= 0.6 is 0 Å². The number of aliphatic carboxylic acids is 1. The number of carboxylic acid groups (broad SMARTS) is 1. The summed E-state index contributed by atoms with van der Waals surface area (Å²) in [6.07, 6.45) is 4.61. The zero-order valence-corrected chi connectivity index (χ0v) is 5.80. The molecule has 0 bridgehead atoms. The van der Waals surface area contributed by atoms with Gasteiger partial charge in [-0.3, -0.25) is 4.79 Å². The second-order valence-electron chi connectivity index (χ2n) is 1.90. The lowest BCUT2D eigenvalue weighted by Gasteiger charge is -2.01. The van der Waals surface area contributed by atoms with Crippen molar-refractivity contribution < 1.29 is 14.7 Å². The number of rotatable bonds is 4. The Balaban J connectivity index is 2.19. The molecular formula is C6H8N2O3. The van der Waals surface area contributed by atoms with Crippen LogP contribution < -0.4 is 4.84 Å². The van der Waals surface area contributed by atoms with Crippen LogP contribution in [0.4, 0.5) is 0 Å². The highest BCUT2D eigenvalue weighted by Crippen LogP contribution is 1.82. The zero-order valence-electron chi connectivity index (χ0n) is 5.80. The molecule has 0 atom stereocenters. The first kappa shape index (κ1) is 7.59. The lowest BCUT2D eigenvalue weighted by molar-refractivity contribution is -0.138. The van der Waals surface area contributed by atoms with Crippen molar-refractivity contribution in [2.24, 2.45) is 0 Å². The smallest absolute Gasteiger partial charge is 0.306 e. The van der Waals surface area contributed by atoms with Crippen LogP contribution in [0.15, 0.2) is 18.7 Å². The van der Waals surface area contributed by atoms with E-state index < -0.39 is 5.97 Å². The third-order valence-corrected chi connectivity index (χ3v) is 1.04. The largest absolute Gasteiger partial charge is 0.481 e. The topological polar surface area (TPSA) is 64.3 Å². The minimum atomic E-state index is -0.870. The molecule has 11 heavy (non-hydrogen) atoms. The molecule has 1 aromatic rings. The maximum atomic E-state index is 10.0. The number of nitrogens with zero attached hydrogens (tertiary/aromatic N) is 2. The molecule has 0 aliphatic carbocycles. The fraction of sp³-hybridized carbons (Fsp3) is 0.333. The van der Waals surface area contributed by atoms with Crippen molar-refractivity contribution in [1.29, 1.82) is 0 Å². The van der Waals surface area contributed by atoms with Crippen LogP contribution in [-0.2, 0) is 4.79 Å². The van der Waals surface area contributed by atoms with Crippen LogP contribution in [0.3, 0.4) is 0 Å². The quantitative estimate of drug-likeness (QED) is 0.654. The molecule has 0 aromatic carbocycles. The van der Waals surface area contributed by atoms with E-state index in [-0.39, 0.29) is 13.0 Å². The summed E-state index contributed by atoms with van der Waals surface area (Å²) in [5.41, 5.74) is 0. The second kappa shape index (κ2) is 3.60. The Labute approximate surface area is 63.2 Å². The van der Waals surface area contributed by atoms with Crippen LogP contribution in [0.5, 0.6) is 0 Å². The molecule has 0 aliphatic heterocycles. The van der Waals surface area contributed by atoms with E-state index in [0.717, 1.165) is 0 Å². The SMILES string of the molecule is O=C(O)CCOn1ccnc1. The van der Waals surface area contributed by atoms with Gasteiger partial charge in [-0.15, -0.1) is 0 Å². The number of carbonyl (C=O) groups is 1. The van der Waals surface area contributed by atoms with Crippen molar-refractivity contribution in [3.63, 3.8) is 0 Å². The molecule has 1 heterocycles. The highest BCUT2D eigenvalue weighted by atomic mass is 16.7. The molecule has 0 radical (unpaired) electrons. The predicted octanol–water partition coefficient (Wildman–Crippen LogP) is -0.214. The minimum absolute atomic E-state index is 0.00181. The number of carboxylic acids is 1. The van der Waals surface area contributed by atoms with Gasteiger partial charge in [-0.1, -0.05) is 0 Å². The van der Waals surface area contributed by atoms with E-state index in [1.807, 2.05) is 0 Å². The van der Waals surface area contributed by atoms with Crippen molar-refractivity contribution in [3.05, 3.63) is 18.7 Å². The molecule has 0 amide bonds. The van der Waals surface area contributed by atoms with Gasteiger partial charge in [-0.25, -0.2) is 4.98 Å². The lowest BCUT2D eigenvalue weighted by atomic mass is 10.5. The molecule has 0 unspecified atom stereocenters. The summed E-state index contributed by atoms with van der Waals surface area (Å²) >= 11 is 0. The molecule has 60 valence electrons. The Morgan fingerprint density at radius 3 is 3.09 bits per heavy atom. The number of aromatic nitrogens is 2. The zero-order chi connectivity index (χ0) is 8.10. The first-order valence-electron chi connectivity index (χ1n) is 3.12. The summed E-state index contributed by atoms with van der Waals surface area (Å²) in [5, 5.41) is 8.24. The van der Waals surface area contributed by atoms with Crippen LogP contribution in [0.25, 0.3) is 0 Å². The lowest BCUT2D eigenvalue weighted by Crippen LogP contribution is -2.13. The van der Waals surface area contributed by atoms with Gasteiger partial charge in [0.25, 0.3) is 0 Å². The van der Waals surface area contributed by atoms with Gasteiger partial charge in [0, 0.05) is 6.20 Å². The summed E-state index contributed by atoms with van der Waals surface area (Å²) in [6, 6.07) is 0. The second-order valence-corrected chi connectivity index (χ2v) is 1.90. The Morgan fingerprint density at radius 1 is 1.73 bits per heavy atom. The molecule has 0 saturated heterocycles. The molecular weight excluding hydrogens is 148 g/mol. The fourth-order valence-corrected chi connectivity index (χ4v) is 0.562. The van der Waals surface area contributed by atoms with Gasteiger partial charge in [0.15, 0.2) is 0 Å². The molecule has 5 nitrogen and oxygen atoms in total. The van der Waals surface area contributed by atoms with Crippen molar-refractivity contribution in [2.45, 2.75) is 6.42 Å². The van der Waals surface area contributed by atoms with Gasteiger partial charge in [-0.05, 0) is 0 Å². The standard InChI is InChI=1S/C6H8N2O3/c9-6(10)1-4-11-8-3-2-7-5-8/h2-3,5H,1,4H2,(H,9,10). The summed E-state index contributed by atoms with van der Waals surface area (Å²) in [6.45, 7) is 0.158. The van der Waals surface area contributed by atoms with Gasteiger partial charge in [-0.2, -0.15) is 4.73 Å². The van der Waals surface area contributed by atoms with Crippen LogP contribution in [0, 0.1) is 0 Å². The van der Waals surface area contributed by atoms with Gasteiger partial charge >= 0.3 is 5.97 Å². The van der Waals surface area contributed by atoms with E-state index in [1.54, 1.807) is 12.4 Å². The summed E-state index contributed by atoms with van der Waals surface area (Å²) in [7, 11) is 0. The van der Waals surface area contributed by atoms with E-state index >= 15 is 0 Å². The van der Waals surface area contributed by atoms with Crippen molar-refractivity contribution >= 4 is 5.97 Å². The highest BCUT2D eigenvalue weighted by Gasteiger charge is 1.96. The van der Waals surface area contributed by atoms with Crippen LogP contribution in [0.2, 0.25) is 0 Å². The summed E-state index contributed by atoms with van der Waals surface area (Å²) < 4.78 is 1.36. The van der Waals surface area contributed by atoms with Crippen molar-refractivity contribution in [1.82, 2.24) is 9.71 Å². The fourth-order valence-electron chi connectivity index (χ4n) is 0.562. The highest BCUT2D eigenvalue weighted by molar-refractivity contribution is 5.66. The van der Waals surface area contributed by atoms with E-state index in [4.69, 9.17) is 9.94 Å². The number of hydrogen-bond acceptors (Lipinski definition) is 3. The molecule has 1 N–H and O–H groups in total. The third-order valence-electron chi connectivity index (χ3n) is 1.04. The maximum absolute atomic E-state index is 10.0. The normalized spacial score (nSPS) is 9.45. The van der Waals surface area contributed by atoms with E-state index in [1.165, 1.54) is 11.1 Å². The molecule has 0 spiro atoms. The van der Waals surface area contributed by atoms with Crippen LogP contribution in [0.1, 0.15) is 6.42 Å². The number of imidazole rings is 1. The molecule has 0 aliphatic rings. The van der Waals surface area contributed by atoms with E-state index in [2.05, 4.69) is 4.98 Å². The summed E-state index contributed by atoms with van der Waals surface area (Å²) in [4.78, 5) is 18.7.